The van der Waals surface area contributed by atoms with Gasteiger partial charge in [0.1, 0.15) is 5.75 Å². The number of amides is 1. The van der Waals surface area contributed by atoms with E-state index in [4.69, 9.17) is 0 Å². The predicted molar refractivity (Wildman–Crippen MR) is 83.8 cm³/mol. The van der Waals surface area contributed by atoms with Crippen molar-refractivity contribution in [2.24, 2.45) is 0 Å². The fraction of sp³-hybridized carbons (Fsp3) is 0.133. The number of fused-ring (bicyclic) bond motifs is 1. The van der Waals surface area contributed by atoms with Gasteiger partial charge in [-0.1, -0.05) is 12.1 Å². The van der Waals surface area contributed by atoms with Crippen LogP contribution in [0.1, 0.15) is 15.2 Å². The van der Waals surface area contributed by atoms with Gasteiger partial charge in [0, 0.05) is 15.9 Å². The highest BCUT2D eigenvalue weighted by Gasteiger charge is 2.10. The summed E-state index contributed by atoms with van der Waals surface area (Å²) in [5, 5.41) is 14.2. The van der Waals surface area contributed by atoms with E-state index in [1.807, 2.05) is 29.6 Å². The maximum Gasteiger partial charge on any atom is 0.261 e. The van der Waals surface area contributed by atoms with Crippen molar-refractivity contribution in [3.63, 3.8) is 0 Å². The summed E-state index contributed by atoms with van der Waals surface area (Å²) in [6, 6.07) is 11.0. The van der Waals surface area contributed by atoms with Crippen LogP contribution in [0.5, 0.6) is 5.75 Å². The van der Waals surface area contributed by atoms with Crippen LogP contribution < -0.4 is 5.32 Å². The van der Waals surface area contributed by atoms with Gasteiger partial charge in [0.15, 0.2) is 0 Å². The first-order chi connectivity index (χ1) is 9.72. The molecule has 0 aliphatic heterocycles. The van der Waals surface area contributed by atoms with Gasteiger partial charge in [-0.3, -0.25) is 4.79 Å². The Balaban J connectivity index is 1.56. The summed E-state index contributed by atoms with van der Waals surface area (Å²) in [6.07, 6.45) is 0.756. The van der Waals surface area contributed by atoms with Crippen LogP contribution in [0.15, 0.2) is 41.8 Å². The molecule has 3 nitrogen and oxygen atoms in total. The normalized spacial score (nSPS) is 10.8. The molecule has 0 saturated heterocycles. The number of benzene rings is 1. The Bertz CT molecular complexity index is 699. The third-order valence-corrected chi connectivity index (χ3v) is 5.09. The summed E-state index contributed by atoms with van der Waals surface area (Å²) in [5.74, 6) is 0.244. The van der Waals surface area contributed by atoms with Crippen molar-refractivity contribution in [2.45, 2.75) is 6.42 Å². The second kappa shape index (κ2) is 5.64. The Morgan fingerprint density at radius 2 is 1.95 bits per heavy atom. The molecule has 0 fully saturated rings. The zero-order valence-electron chi connectivity index (χ0n) is 10.6. The Morgan fingerprint density at radius 3 is 2.70 bits per heavy atom. The molecule has 2 aromatic heterocycles. The van der Waals surface area contributed by atoms with Gasteiger partial charge in [-0.2, -0.15) is 0 Å². The van der Waals surface area contributed by atoms with Gasteiger partial charge in [-0.25, -0.2) is 0 Å². The fourth-order valence-electron chi connectivity index (χ4n) is 1.95. The molecule has 102 valence electrons. The SMILES string of the molecule is O=C(NCCc1ccc(O)cc1)c1cc2sccc2s1. The average molecular weight is 303 g/mol. The highest BCUT2D eigenvalue weighted by atomic mass is 32.1. The standard InChI is InChI=1S/C15H13NO2S2/c17-11-3-1-10(2-4-11)5-7-16-15(18)14-9-13-12(20-14)6-8-19-13/h1-4,6,8-9,17H,5,7H2,(H,16,18). The van der Waals surface area contributed by atoms with Crippen LogP contribution in [0.2, 0.25) is 0 Å². The molecule has 0 aliphatic rings. The minimum Gasteiger partial charge on any atom is -0.508 e. The topological polar surface area (TPSA) is 49.3 Å². The summed E-state index contributed by atoms with van der Waals surface area (Å²) < 4.78 is 2.33. The van der Waals surface area contributed by atoms with E-state index in [2.05, 4.69) is 5.32 Å². The van der Waals surface area contributed by atoms with Gasteiger partial charge < -0.3 is 10.4 Å². The quantitative estimate of drug-likeness (QED) is 0.773. The van der Waals surface area contributed by atoms with Crippen LogP contribution >= 0.6 is 22.7 Å². The minimum atomic E-state index is -0.0165. The lowest BCUT2D eigenvalue weighted by atomic mass is 10.1. The molecule has 5 heteroatoms. The van der Waals surface area contributed by atoms with E-state index in [0.29, 0.717) is 6.54 Å². The summed E-state index contributed by atoms with van der Waals surface area (Å²) in [5.41, 5.74) is 1.09. The summed E-state index contributed by atoms with van der Waals surface area (Å²) in [6.45, 7) is 0.592. The first kappa shape index (κ1) is 13.1. The molecule has 0 spiro atoms. The van der Waals surface area contributed by atoms with Gasteiger partial charge >= 0.3 is 0 Å². The highest BCUT2D eigenvalue weighted by molar-refractivity contribution is 7.27. The molecule has 0 aliphatic carbocycles. The monoisotopic (exact) mass is 303 g/mol. The maximum absolute atomic E-state index is 12.0. The number of thiophene rings is 2. The van der Waals surface area contributed by atoms with E-state index in [0.717, 1.165) is 16.9 Å². The molecule has 20 heavy (non-hydrogen) atoms. The molecular formula is C15H13NO2S2. The number of carbonyl (C=O) groups is 1. The van der Waals surface area contributed by atoms with Gasteiger partial charge in [-0.15, -0.1) is 22.7 Å². The fourth-order valence-corrected chi connectivity index (χ4v) is 3.97. The number of phenolic OH excluding ortho intramolecular Hbond substituents is 1. The third-order valence-electron chi connectivity index (χ3n) is 3.00. The lowest BCUT2D eigenvalue weighted by Crippen LogP contribution is -2.24. The van der Waals surface area contributed by atoms with E-state index in [1.54, 1.807) is 23.5 Å². The van der Waals surface area contributed by atoms with E-state index >= 15 is 0 Å². The zero-order chi connectivity index (χ0) is 13.9. The molecule has 0 unspecified atom stereocenters. The molecule has 0 radical (unpaired) electrons. The zero-order valence-corrected chi connectivity index (χ0v) is 12.3. The molecule has 3 aromatic rings. The second-order valence-electron chi connectivity index (χ2n) is 4.43. The van der Waals surface area contributed by atoms with Gasteiger partial charge in [-0.05, 0) is 41.6 Å². The van der Waals surface area contributed by atoms with Crippen molar-refractivity contribution in [1.29, 1.82) is 0 Å². The van der Waals surface area contributed by atoms with Crippen molar-refractivity contribution in [2.75, 3.05) is 6.54 Å². The first-order valence-electron chi connectivity index (χ1n) is 6.25. The van der Waals surface area contributed by atoms with Crippen LogP contribution in [0.25, 0.3) is 9.40 Å². The van der Waals surface area contributed by atoms with Crippen molar-refractivity contribution < 1.29 is 9.90 Å². The van der Waals surface area contributed by atoms with E-state index in [-0.39, 0.29) is 11.7 Å². The molecule has 1 amide bonds. The van der Waals surface area contributed by atoms with Gasteiger partial charge in [0.05, 0.1) is 4.88 Å². The molecule has 3 rings (SSSR count). The smallest absolute Gasteiger partial charge is 0.261 e. The van der Waals surface area contributed by atoms with Crippen LogP contribution in [0, 0.1) is 0 Å². The number of hydrogen-bond acceptors (Lipinski definition) is 4. The lowest BCUT2D eigenvalue weighted by Gasteiger charge is -2.04. The lowest BCUT2D eigenvalue weighted by molar-refractivity contribution is 0.0958. The Labute approximate surface area is 124 Å². The van der Waals surface area contributed by atoms with Crippen LogP contribution in [-0.2, 0) is 6.42 Å². The largest absolute Gasteiger partial charge is 0.508 e. The van der Waals surface area contributed by atoms with E-state index < -0.39 is 0 Å². The number of nitrogens with one attached hydrogen (secondary N) is 1. The number of aromatic hydroxyl groups is 1. The summed E-state index contributed by atoms with van der Waals surface area (Å²) >= 11 is 3.18. The predicted octanol–water partition coefficient (Wildman–Crippen LogP) is 3.64. The van der Waals surface area contributed by atoms with Crippen molar-refractivity contribution in [3.8, 4) is 5.75 Å². The van der Waals surface area contributed by atoms with Crippen molar-refractivity contribution >= 4 is 38.0 Å². The Kier molecular flexibility index (Phi) is 3.71. The summed E-state index contributed by atoms with van der Waals surface area (Å²) in [4.78, 5) is 12.8. The summed E-state index contributed by atoms with van der Waals surface area (Å²) in [7, 11) is 0. The van der Waals surface area contributed by atoms with E-state index in [9.17, 15) is 9.90 Å². The first-order valence-corrected chi connectivity index (χ1v) is 7.95. The molecule has 0 saturated carbocycles. The molecule has 0 bridgehead atoms. The number of phenols is 1. The van der Waals surface area contributed by atoms with Crippen LogP contribution in [0.3, 0.4) is 0 Å². The van der Waals surface area contributed by atoms with Crippen molar-refractivity contribution in [3.05, 3.63) is 52.2 Å². The molecule has 0 atom stereocenters. The molecule has 2 heterocycles. The minimum absolute atomic E-state index is 0.0165. The van der Waals surface area contributed by atoms with Gasteiger partial charge in [0.2, 0.25) is 0 Å². The maximum atomic E-state index is 12.0. The third kappa shape index (κ3) is 2.84. The number of rotatable bonds is 4. The van der Waals surface area contributed by atoms with Crippen LogP contribution in [-0.4, -0.2) is 17.6 Å². The van der Waals surface area contributed by atoms with Crippen LogP contribution in [0.4, 0.5) is 0 Å². The Morgan fingerprint density at radius 1 is 1.15 bits per heavy atom. The second-order valence-corrected chi connectivity index (χ2v) is 6.46. The average Bonchev–Trinajstić information content (AvgIpc) is 3.02. The van der Waals surface area contributed by atoms with E-state index in [1.165, 1.54) is 20.7 Å². The number of carbonyl (C=O) groups excluding carboxylic acids is 1. The molecular weight excluding hydrogens is 290 g/mol. The van der Waals surface area contributed by atoms with Gasteiger partial charge in [0.25, 0.3) is 5.91 Å². The number of hydrogen-bond donors (Lipinski definition) is 2. The highest BCUT2D eigenvalue weighted by Crippen LogP contribution is 2.29. The molecule has 1 aromatic carbocycles. The van der Waals surface area contributed by atoms with Crippen molar-refractivity contribution in [1.82, 2.24) is 5.32 Å². The Hall–Kier alpha value is -1.85. The molecule has 2 N–H and O–H groups in total.